The smallest absolute Gasteiger partial charge is 0.194 e. The Morgan fingerprint density at radius 1 is 1.47 bits per heavy atom. The van der Waals surface area contributed by atoms with Crippen LogP contribution in [0.5, 0.6) is 0 Å². The first-order chi connectivity index (χ1) is 9.29. The van der Waals surface area contributed by atoms with Crippen LogP contribution in [0.4, 0.5) is 0 Å². The molecule has 4 heteroatoms. The molecule has 0 saturated carbocycles. The second-order valence-electron chi connectivity index (χ2n) is 4.63. The van der Waals surface area contributed by atoms with E-state index in [2.05, 4.69) is 11.1 Å². The van der Waals surface area contributed by atoms with Gasteiger partial charge in [-0.3, -0.25) is 9.78 Å². The van der Waals surface area contributed by atoms with E-state index in [1.807, 2.05) is 6.07 Å². The summed E-state index contributed by atoms with van der Waals surface area (Å²) >= 11 is 1.55. The summed E-state index contributed by atoms with van der Waals surface area (Å²) in [6, 6.07) is 7.60. The van der Waals surface area contributed by atoms with Crippen molar-refractivity contribution in [2.24, 2.45) is 0 Å². The number of ketones is 1. The van der Waals surface area contributed by atoms with Crippen molar-refractivity contribution in [1.82, 2.24) is 4.98 Å². The van der Waals surface area contributed by atoms with Gasteiger partial charge in [-0.15, -0.1) is 11.3 Å². The molecule has 0 bridgehead atoms. The van der Waals surface area contributed by atoms with Crippen LogP contribution >= 0.6 is 11.3 Å². The van der Waals surface area contributed by atoms with Gasteiger partial charge in [0, 0.05) is 17.3 Å². The molecule has 19 heavy (non-hydrogen) atoms. The number of aryl methyl sites for hydroxylation is 2. The van der Waals surface area contributed by atoms with Crippen LogP contribution in [0.25, 0.3) is 0 Å². The van der Waals surface area contributed by atoms with Gasteiger partial charge >= 0.3 is 0 Å². The van der Waals surface area contributed by atoms with Crippen LogP contribution < -0.4 is 0 Å². The van der Waals surface area contributed by atoms with Crippen molar-refractivity contribution in [3.63, 3.8) is 0 Å². The molecule has 1 aliphatic carbocycles. The Balaban J connectivity index is 1.92. The number of thiophene rings is 1. The molecule has 0 amide bonds. The second kappa shape index (κ2) is 4.94. The van der Waals surface area contributed by atoms with Crippen molar-refractivity contribution in [3.05, 3.63) is 51.5 Å². The highest BCUT2D eigenvalue weighted by atomic mass is 32.1. The molecule has 2 aromatic rings. The monoisotopic (exact) mass is 268 g/mol. The van der Waals surface area contributed by atoms with Gasteiger partial charge in [-0.25, -0.2) is 0 Å². The Labute approximate surface area is 115 Å². The van der Waals surface area contributed by atoms with Gasteiger partial charge in [0.1, 0.15) is 5.92 Å². The Hall–Kier alpha value is -1.99. The second-order valence-corrected chi connectivity index (χ2v) is 5.76. The van der Waals surface area contributed by atoms with Crippen molar-refractivity contribution in [2.45, 2.75) is 25.2 Å². The standard InChI is InChI=1S/C15H12N2OS/c16-8-12(11-4-2-6-17-9-11)15(18)14-7-10-3-1-5-13(10)19-14/h2,4,6-7,9,12H,1,3,5H2. The number of aromatic nitrogens is 1. The summed E-state index contributed by atoms with van der Waals surface area (Å²) in [5, 5.41) is 9.26. The van der Waals surface area contributed by atoms with Crippen molar-refractivity contribution in [2.75, 3.05) is 0 Å². The topological polar surface area (TPSA) is 53.8 Å². The Morgan fingerprint density at radius 3 is 3.05 bits per heavy atom. The molecule has 0 fully saturated rings. The molecule has 0 aliphatic heterocycles. The SMILES string of the molecule is N#CC(C(=O)c1cc2c(s1)CCC2)c1cccnc1. The van der Waals surface area contributed by atoms with Crippen molar-refractivity contribution in [1.29, 1.82) is 5.26 Å². The summed E-state index contributed by atoms with van der Waals surface area (Å²) in [5.74, 6) is -0.845. The van der Waals surface area contributed by atoms with Crippen LogP contribution in [0.15, 0.2) is 30.6 Å². The van der Waals surface area contributed by atoms with Crippen LogP contribution in [0.3, 0.4) is 0 Å². The minimum atomic E-state index is -0.743. The first-order valence-electron chi connectivity index (χ1n) is 6.25. The summed E-state index contributed by atoms with van der Waals surface area (Å²) in [4.78, 5) is 18.4. The van der Waals surface area contributed by atoms with E-state index in [-0.39, 0.29) is 5.78 Å². The lowest BCUT2D eigenvalue weighted by molar-refractivity contribution is 0.0982. The summed E-state index contributed by atoms with van der Waals surface area (Å²) in [7, 11) is 0. The number of fused-ring (bicyclic) bond motifs is 1. The minimum absolute atomic E-state index is 0.102. The first kappa shape index (κ1) is 12.1. The van der Waals surface area contributed by atoms with Gasteiger partial charge in [0.15, 0.2) is 5.78 Å². The lowest BCUT2D eigenvalue weighted by atomic mass is 9.96. The zero-order chi connectivity index (χ0) is 13.2. The summed E-state index contributed by atoms with van der Waals surface area (Å²) in [6.07, 6.45) is 6.54. The largest absolute Gasteiger partial charge is 0.291 e. The zero-order valence-electron chi connectivity index (χ0n) is 10.3. The third-order valence-electron chi connectivity index (χ3n) is 3.40. The summed E-state index contributed by atoms with van der Waals surface area (Å²) < 4.78 is 0. The molecular weight excluding hydrogens is 256 g/mol. The van der Waals surface area contributed by atoms with Gasteiger partial charge in [-0.1, -0.05) is 6.07 Å². The van der Waals surface area contributed by atoms with E-state index in [0.29, 0.717) is 10.4 Å². The third kappa shape index (κ3) is 2.18. The Kier molecular flexibility index (Phi) is 3.14. The number of Topliss-reactive ketones (excluding diaryl/α,β-unsaturated/α-hetero) is 1. The van der Waals surface area contributed by atoms with Gasteiger partial charge in [0.05, 0.1) is 10.9 Å². The van der Waals surface area contributed by atoms with Crippen LogP contribution in [0, 0.1) is 11.3 Å². The Bertz CT molecular complexity index is 633. The molecule has 0 spiro atoms. The van der Waals surface area contributed by atoms with Crippen molar-refractivity contribution in [3.8, 4) is 6.07 Å². The van der Waals surface area contributed by atoms with Gasteiger partial charge in [0.25, 0.3) is 0 Å². The highest BCUT2D eigenvalue weighted by molar-refractivity contribution is 7.14. The number of carbonyl (C=O) groups excluding carboxylic acids is 1. The molecule has 1 aliphatic rings. The predicted molar refractivity (Wildman–Crippen MR) is 73.3 cm³/mol. The maximum absolute atomic E-state index is 12.4. The normalized spacial score (nSPS) is 14.7. The summed E-state index contributed by atoms with van der Waals surface area (Å²) in [5.41, 5.74) is 1.96. The summed E-state index contributed by atoms with van der Waals surface area (Å²) in [6.45, 7) is 0. The fourth-order valence-electron chi connectivity index (χ4n) is 2.42. The molecule has 2 aromatic heterocycles. The quantitative estimate of drug-likeness (QED) is 0.804. The molecule has 2 heterocycles. The molecule has 0 radical (unpaired) electrons. The first-order valence-corrected chi connectivity index (χ1v) is 7.06. The van der Waals surface area contributed by atoms with E-state index in [9.17, 15) is 10.1 Å². The molecule has 0 N–H and O–H groups in total. The van der Waals surface area contributed by atoms with Gasteiger partial charge < -0.3 is 0 Å². The van der Waals surface area contributed by atoms with E-state index >= 15 is 0 Å². The molecule has 1 atom stereocenters. The fourth-order valence-corrected chi connectivity index (χ4v) is 3.65. The number of pyridine rings is 1. The highest BCUT2D eigenvalue weighted by Gasteiger charge is 2.25. The third-order valence-corrected chi connectivity index (χ3v) is 4.65. The highest BCUT2D eigenvalue weighted by Crippen LogP contribution is 2.33. The molecule has 94 valence electrons. The molecular formula is C15H12N2OS. The fraction of sp³-hybridized carbons (Fsp3) is 0.267. The molecule has 1 unspecified atom stereocenters. The van der Waals surface area contributed by atoms with E-state index in [1.54, 1.807) is 35.9 Å². The maximum Gasteiger partial charge on any atom is 0.194 e. The van der Waals surface area contributed by atoms with E-state index < -0.39 is 5.92 Å². The van der Waals surface area contributed by atoms with Crippen molar-refractivity contribution >= 4 is 17.1 Å². The number of carbonyl (C=O) groups is 1. The van der Waals surface area contributed by atoms with E-state index in [1.165, 1.54) is 16.9 Å². The number of nitriles is 1. The minimum Gasteiger partial charge on any atom is -0.291 e. The van der Waals surface area contributed by atoms with Crippen LogP contribution in [0.2, 0.25) is 0 Å². The number of hydrogen-bond donors (Lipinski definition) is 0. The van der Waals surface area contributed by atoms with E-state index in [0.717, 1.165) is 12.8 Å². The van der Waals surface area contributed by atoms with Gasteiger partial charge in [-0.05, 0) is 42.5 Å². The molecule has 0 saturated heterocycles. The molecule has 3 rings (SSSR count). The lowest BCUT2D eigenvalue weighted by Gasteiger charge is -2.06. The van der Waals surface area contributed by atoms with Gasteiger partial charge in [-0.2, -0.15) is 5.26 Å². The maximum atomic E-state index is 12.4. The van der Waals surface area contributed by atoms with E-state index in [4.69, 9.17) is 0 Å². The number of hydrogen-bond acceptors (Lipinski definition) is 4. The van der Waals surface area contributed by atoms with Gasteiger partial charge in [0.2, 0.25) is 0 Å². The van der Waals surface area contributed by atoms with Crippen molar-refractivity contribution < 1.29 is 4.79 Å². The van der Waals surface area contributed by atoms with Crippen LogP contribution in [-0.2, 0) is 12.8 Å². The zero-order valence-corrected chi connectivity index (χ0v) is 11.1. The average Bonchev–Trinajstić information content (AvgIpc) is 3.01. The van der Waals surface area contributed by atoms with Crippen LogP contribution in [0.1, 0.15) is 38.0 Å². The number of nitrogens with zero attached hydrogens (tertiary/aromatic N) is 2. The van der Waals surface area contributed by atoms with Crippen LogP contribution in [-0.4, -0.2) is 10.8 Å². The predicted octanol–water partition coefficient (Wildman–Crippen LogP) is 3.12. The lowest BCUT2D eigenvalue weighted by Crippen LogP contribution is -2.10. The number of rotatable bonds is 3. The average molecular weight is 268 g/mol. The Morgan fingerprint density at radius 2 is 2.37 bits per heavy atom. The molecule has 3 nitrogen and oxygen atoms in total. The molecule has 0 aromatic carbocycles.